The highest BCUT2D eigenvalue weighted by atomic mass is 16.5. The fourth-order valence-corrected chi connectivity index (χ4v) is 2.60. The average Bonchev–Trinajstić information content (AvgIpc) is 2.75. The van der Waals surface area contributed by atoms with Crippen LogP contribution in [0.4, 0.5) is 11.6 Å². The highest BCUT2D eigenvalue weighted by molar-refractivity contribution is 6.04. The Morgan fingerprint density at radius 3 is 2.14 bits per heavy atom. The number of benzene rings is 2. The van der Waals surface area contributed by atoms with E-state index < -0.39 is 0 Å². The van der Waals surface area contributed by atoms with Crippen LogP contribution in [0.2, 0.25) is 0 Å². The van der Waals surface area contributed by atoms with Gasteiger partial charge in [0.25, 0.3) is 5.91 Å². The maximum absolute atomic E-state index is 12.5. The number of anilines is 2. The van der Waals surface area contributed by atoms with Gasteiger partial charge in [-0.1, -0.05) is 30.3 Å². The van der Waals surface area contributed by atoms with Gasteiger partial charge in [0.2, 0.25) is 0 Å². The number of amides is 1. The molecule has 0 atom stereocenters. The number of ether oxygens (including phenoxy) is 2. The molecule has 1 amide bonds. The topological polar surface area (TPSA) is 85.4 Å². The molecule has 28 heavy (non-hydrogen) atoms. The number of carbonyl (C=O) groups is 1. The maximum Gasteiger partial charge on any atom is 0.257 e. The van der Waals surface area contributed by atoms with Gasteiger partial charge in [-0.2, -0.15) is 0 Å². The number of methoxy groups -OCH3 is 2. The highest BCUT2D eigenvalue weighted by Crippen LogP contribution is 2.23. The lowest BCUT2D eigenvalue weighted by atomic mass is 10.1. The zero-order valence-corrected chi connectivity index (χ0v) is 15.8. The van der Waals surface area contributed by atoms with E-state index in [1.165, 1.54) is 19.8 Å². The lowest BCUT2D eigenvalue weighted by molar-refractivity contribution is 0.102. The number of hydrogen-bond acceptors (Lipinski definition) is 6. The van der Waals surface area contributed by atoms with Gasteiger partial charge in [-0.15, -0.1) is 10.2 Å². The van der Waals surface area contributed by atoms with Crippen molar-refractivity contribution in [3.8, 4) is 11.5 Å². The monoisotopic (exact) mass is 378 g/mol. The molecule has 0 unspecified atom stereocenters. The van der Waals surface area contributed by atoms with Crippen molar-refractivity contribution >= 4 is 17.5 Å². The number of nitrogens with one attached hydrogen (secondary N) is 2. The molecule has 0 aliphatic rings. The fraction of sp³-hybridized carbons (Fsp3) is 0.190. The van der Waals surface area contributed by atoms with Crippen LogP contribution in [0.15, 0.2) is 60.7 Å². The van der Waals surface area contributed by atoms with Crippen LogP contribution in [0.1, 0.15) is 15.9 Å². The second-order valence-electron chi connectivity index (χ2n) is 6.02. The first-order valence-corrected chi connectivity index (χ1v) is 8.84. The van der Waals surface area contributed by atoms with E-state index in [9.17, 15) is 4.79 Å². The van der Waals surface area contributed by atoms with Gasteiger partial charge < -0.3 is 20.1 Å². The van der Waals surface area contributed by atoms with Crippen molar-refractivity contribution < 1.29 is 14.3 Å². The van der Waals surface area contributed by atoms with Gasteiger partial charge in [-0.05, 0) is 36.2 Å². The molecule has 0 aliphatic carbocycles. The molecule has 1 heterocycles. The number of nitrogens with zero attached hydrogens (tertiary/aromatic N) is 2. The second kappa shape index (κ2) is 9.36. The first-order chi connectivity index (χ1) is 13.7. The molecule has 7 nitrogen and oxygen atoms in total. The van der Waals surface area contributed by atoms with Gasteiger partial charge in [0, 0.05) is 18.2 Å². The molecule has 0 saturated carbocycles. The lowest BCUT2D eigenvalue weighted by Gasteiger charge is -2.09. The van der Waals surface area contributed by atoms with E-state index in [0.717, 1.165) is 13.0 Å². The maximum atomic E-state index is 12.5. The molecule has 1 aromatic heterocycles. The molecule has 3 aromatic rings. The minimum Gasteiger partial charge on any atom is -0.497 e. The van der Waals surface area contributed by atoms with Crippen LogP contribution in [0.3, 0.4) is 0 Å². The van der Waals surface area contributed by atoms with E-state index in [0.29, 0.717) is 28.7 Å². The van der Waals surface area contributed by atoms with Crippen molar-refractivity contribution in [2.45, 2.75) is 6.42 Å². The van der Waals surface area contributed by atoms with Gasteiger partial charge in [-0.3, -0.25) is 4.79 Å². The second-order valence-corrected chi connectivity index (χ2v) is 6.02. The minimum absolute atomic E-state index is 0.323. The number of aromatic nitrogens is 2. The smallest absolute Gasteiger partial charge is 0.257 e. The molecule has 0 spiro atoms. The lowest BCUT2D eigenvalue weighted by Crippen LogP contribution is -2.14. The van der Waals surface area contributed by atoms with Gasteiger partial charge in [-0.25, -0.2) is 0 Å². The molecule has 0 saturated heterocycles. The molecule has 0 aliphatic heterocycles. The predicted molar refractivity (Wildman–Crippen MR) is 108 cm³/mol. The number of rotatable bonds is 8. The molecule has 3 rings (SSSR count). The third kappa shape index (κ3) is 5.20. The summed E-state index contributed by atoms with van der Waals surface area (Å²) in [6.07, 6.45) is 0.888. The molecule has 7 heteroatoms. The summed E-state index contributed by atoms with van der Waals surface area (Å²) >= 11 is 0. The molecule has 0 bridgehead atoms. The van der Waals surface area contributed by atoms with Crippen LogP contribution in [0, 0.1) is 0 Å². The first kappa shape index (κ1) is 19.2. The van der Waals surface area contributed by atoms with E-state index >= 15 is 0 Å². The Labute approximate surface area is 163 Å². The van der Waals surface area contributed by atoms with Crippen molar-refractivity contribution in [2.75, 3.05) is 31.4 Å². The Kier molecular flexibility index (Phi) is 6.41. The summed E-state index contributed by atoms with van der Waals surface area (Å²) in [6.45, 7) is 0.744. The summed E-state index contributed by atoms with van der Waals surface area (Å²) in [4.78, 5) is 12.5. The summed E-state index contributed by atoms with van der Waals surface area (Å²) < 4.78 is 10.4. The fourth-order valence-electron chi connectivity index (χ4n) is 2.60. The van der Waals surface area contributed by atoms with Crippen LogP contribution in [-0.2, 0) is 6.42 Å². The van der Waals surface area contributed by atoms with Crippen LogP contribution < -0.4 is 20.1 Å². The molecule has 2 N–H and O–H groups in total. The van der Waals surface area contributed by atoms with Crippen molar-refractivity contribution in [1.29, 1.82) is 0 Å². The summed E-state index contributed by atoms with van der Waals surface area (Å²) in [5.74, 6) is 1.76. The van der Waals surface area contributed by atoms with E-state index in [2.05, 4.69) is 33.0 Å². The molecular formula is C21H22N4O3. The third-order valence-corrected chi connectivity index (χ3v) is 4.08. The van der Waals surface area contributed by atoms with Crippen LogP contribution in [0.5, 0.6) is 11.5 Å². The van der Waals surface area contributed by atoms with Gasteiger partial charge >= 0.3 is 0 Å². The third-order valence-electron chi connectivity index (χ3n) is 4.08. The Hall–Kier alpha value is -3.61. The standard InChI is InChI=1S/C21H22N4O3/c1-27-17-12-16(13-18(14-17)28-2)21(26)23-20-9-8-19(24-25-20)22-11-10-15-6-4-3-5-7-15/h3-9,12-14H,10-11H2,1-2H3,(H,22,24)(H,23,25,26). The number of hydrogen-bond donors (Lipinski definition) is 2. The molecule has 0 radical (unpaired) electrons. The summed E-state index contributed by atoms with van der Waals surface area (Å²) in [5, 5.41) is 14.1. The molecule has 0 fully saturated rings. The van der Waals surface area contributed by atoms with Crippen LogP contribution in [0.25, 0.3) is 0 Å². The zero-order chi connectivity index (χ0) is 19.8. The molecule has 2 aromatic carbocycles. The highest BCUT2D eigenvalue weighted by Gasteiger charge is 2.11. The van der Waals surface area contributed by atoms with Crippen LogP contribution in [-0.4, -0.2) is 36.9 Å². The zero-order valence-electron chi connectivity index (χ0n) is 15.8. The predicted octanol–water partition coefficient (Wildman–Crippen LogP) is 3.40. The molecular weight excluding hydrogens is 356 g/mol. The van der Waals surface area contributed by atoms with E-state index in [4.69, 9.17) is 9.47 Å². The van der Waals surface area contributed by atoms with Crippen molar-refractivity contribution in [2.24, 2.45) is 0 Å². The Balaban J connectivity index is 1.57. The van der Waals surface area contributed by atoms with Gasteiger partial charge in [0.05, 0.1) is 14.2 Å². The quantitative estimate of drug-likeness (QED) is 0.625. The van der Waals surface area contributed by atoms with Crippen molar-refractivity contribution in [3.05, 3.63) is 71.8 Å². The van der Waals surface area contributed by atoms with E-state index in [-0.39, 0.29) is 5.91 Å². The largest absolute Gasteiger partial charge is 0.497 e. The normalized spacial score (nSPS) is 10.2. The SMILES string of the molecule is COc1cc(OC)cc(C(=O)Nc2ccc(NCCc3ccccc3)nn2)c1. The Bertz CT molecular complexity index is 892. The van der Waals surface area contributed by atoms with Crippen LogP contribution >= 0.6 is 0 Å². The molecule has 144 valence electrons. The first-order valence-electron chi connectivity index (χ1n) is 8.84. The van der Waals surface area contributed by atoms with E-state index in [1.54, 1.807) is 30.3 Å². The summed E-state index contributed by atoms with van der Waals surface area (Å²) in [6, 6.07) is 18.6. The van der Waals surface area contributed by atoms with Crippen molar-refractivity contribution in [3.63, 3.8) is 0 Å². The average molecular weight is 378 g/mol. The minimum atomic E-state index is -0.323. The van der Waals surface area contributed by atoms with Crippen molar-refractivity contribution in [1.82, 2.24) is 10.2 Å². The van der Waals surface area contributed by atoms with Gasteiger partial charge in [0.15, 0.2) is 5.82 Å². The summed E-state index contributed by atoms with van der Waals surface area (Å²) in [5.41, 5.74) is 1.66. The number of carbonyl (C=O) groups excluding carboxylic acids is 1. The van der Waals surface area contributed by atoms with Gasteiger partial charge in [0.1, 0.15) is 17.3 Å². The Morgan fingerprint density at radius 1 is 0.893 bits per heavy atom. The Morgan fingerprint density at radius 2 is 1.54 bits per heavy atom. The van der Waals surface area contributed by atoms with E-state index in [1.807, 2.05) is 18.2 Å². The summed E-state index contributed by atoms with van der Waals surface area (Å²) in [7, 11) is 3.07.